The van der Waals surface area contributed by atoms with Crippen molar-refractivity contribution in [3.63, 3.8) is 0 Å². The molecule has 0 atom stereocenters. The van der Waals surface area contributed by atoms with Crippen molar-refractivity contribution in [2.45, 2.75) is 19.1 Å². The number of anilines is 1. The van der Waals surface area contributed by atoms with Crippen LogP contribution in [0, 0.1) is 17.5 Å². The van der Waals surface area contributed by atoms with E-state index in [1.807, 2.05) is 31.2 Å². The van der Waals surface area contributed by atoms with E-state index >= 15 is 0 Å². The first-order valence-corrected chi connectivity index (χ1v) is 12.2. The average molecular weight is 538 g/mol. The van der Waals surface area contributed by atoms with Gasteiger partial charge in [0.05, 0.1) is 5.69 Å². The van der Waals surface area contributed by atoms with Crippen LogP contribution in [0.25, 0.3) is 11.1 Å². The third-order valence-corrected chi connectivity index (χ3v) is 6.48. The Morgan fingerprint density at radius 1 is 0.974 bits per heavy atom. The van der Waals surface area contributed by atoms with Gasteiger partial charge in [-0.25, -0.2) is 18.2 Å². The molecule has 0 unspecified atom stereocenters. The van der Waals surface area contributed by atoms with Gasteiger partial charge in [-0.2, -0.15) is 0 Å². The van der Waals surface area contributed by atoms with Crippen LogP contribution in [0.2, 0.25) is 5.15 Å². The van der Waals surface area contributed by atoms with Crippen molar-refractivity contribution in [2.24, 2.45) is 0 Å². The number of nitrogens with one attached hydrogen (secondary N) is 1. The Kier molecular flexibility index (Phi) is 7.10. The topological polar surface area (TPSA) is 54.5 Å². The Balaban J connectivity index is 1.23. The van der Waals surface area contributed by atoms with Crippen molar-refractivity contribution in [1.29, 1.82) is 0 Å². The summed E-state index contributed by atoms with van der Waals surface area (Å²) < 4.78 is 47.4. The van der Waals surface area contributed by atoms with E-state index < -0.39 is 23.1 Å². The molecule has 4 aromatic rings. The monoisotopic (exact) mass is 537 g/mol. The van der Waals surface area contributed by atoms with Gasteiger partial charge < -0.3 is 10.1 Å². The number of hydrogen-bond donors (Lipinski definition) is 1. The predicted molar refractivity (Wildman–Crippen MR) is 140 cm³/mol. The molecule has 1 saturated heterocycles. The number of aromatic nitrogens is 1. The molecule has 38 heavy (non-hydrogen) atoms. The van der Waals surface area contributed by atoms with Crippen LogP contribution in [0.4, 0.5) is 18.9 Å². The third kappa shape index (κ3) is 5.82. The van der Waals surface area contributed by atoms with Gasteiger partial charge in [-0.05, 0) is 47.9 Å². The normalized spacial score (nSPS) is 14.6. The average Bonchev–Trinajstić information content (AvgIpc) is 2.87. The Labute approximate surface area is 222 Å². The molecule has 1 amide bonds. The quantitative estimate of drug-likeness (QED) is 0.266. The summed E-state index contributed by atoms with van der Waals surface area (Å²) in [6.45, 7) is 3.63. The minimum Gasteiger partial charge on any atom is -0.483 e. The van der Waals surface area contributed by atoms with Crippen molar-refractivity contribution in [3.05, 3.63) is 113 Å². The van der Waals surface area contributed by atoms with Crippen LogP contribution in [0.15, 0.2) is 79.0 Å². The minimum atomic E-state index is -1.11. The van der Waals surface area contributed by atoms with E-state index in [1.54, 1.807) is 12.1 Å². The van der Waals surface area contributed by atoms with Crippen molar-refractivity contribution >= 4 is 23.2 Å². The van der Waals surface area contributed by atoms with E-state index in [2.05, 4.69) is 15.2 Å². The smallest absolute Gasteiger partial charge is 0.255 e. The number of ether oxygens (including phenoxy) is 1. The lowest BCUT2D eigenvalue weighted by molar-refractivity contribution is -0.0673. The van der Waals surface area contributed by atoms with Crippen LogP contribution >= 0.6 is 11.6 Å². The van der Waals surface area contributed by atoms with Crippen LogP contribution in [0.1, 0.15) is 22.8 Å². The van der Waals surface area contributed by atoms with Crippen molar-refractivity contribution in [1.82, 2.24) is 9.88 Å². The number of pyridine rings is 1. The maximum absolute atomic E-state index is 14.1. The highest BCUT2D eigenvalue weighted by Gasteiger charge is 2.41. The van der Waals surface area contributed by atoms with Crippen LogP contribution < -0.4 is 10.1 Å². The first-order chi connectivity index (χ1) is 18.2. The number of likely N-dealkylation sites (tertiary alicyclic amines) is 1. The number of nitrogens with zero attached hydrogens (tertiary/aromatic N) is 2. The maximum atomic E-state index is 14.1. The second-order valence-corrected chi connectivity index (χ2v) is 9.87. The molecule has 5 rings (SSSR count). The molecule has 0 radical (unpaired) electrons. The van der Waals surface area contributed by atoms with Crippen molar-refractivity contribution in [2.75, 3.05) is 18.4 Å². The number of rotatable bonds is 7. The molecule has 0 bridgehead atoms. The molecule has 1 aromatic heterocycles. The molecule has 1 aliphatic rings. The zero-order valence-corrected chi connectivity index (χ0v) is 21.1. The molecule has 194 valence electrons. The van der Waals surface area contributed by atoms with Crippen molar-refractivity contribution in [3.8, 4) is 16.9 Å². The Morgan fingerprint density at radius 2 is 1.61 bits per heavy atom. The van der Waals surface area contributed by atoms with E-state index in [1.165, 1.54) is 30.5 Å². The first-order valence-electron chi connectivity index (χ1n) is 11.9. The van der Waals surface area contributed by atoms with E-state index in [0.29, 0.717) is 19.6 Å². The lowest BCUT2D eigenvalue weighted by Gasteiger charge is -2.47. The summed E-state index contributed by atoms with van der Waals surface area (Å²) in [7, 11) is 0. The zero-order chi connectivity index (χ0) is 26.9. The highest BCUT2D eigenvalue weighted by Crippen LogP contribution is 2.35. The Morgan fingerprint density at radius 3 is 2.26 bits per heavy atom. The Hall–Kier alpha value is -3.88. The molecule has 5 nitrogen and oxygen atoms in total. The number of amides is 1. The van der Waals surface area contributed by atoms with Gasteiger partial charge in [-0.3, -0.25) is 9.69 Å². The Bertz CT molecular complexity index is 1470. The zero-order valence-electron chi connectivity index (χ0n) is 20.3. The summed E-state index contributed by atoms with van der Waals surface area (Å²) in [6.07, 6.45) is 1.38. The van der Waals surface area contributed by atoms with E-state index in [0.717, 1.165) is 28.8 Å². The molecule has 9 heteroatoms. The van der Waals surface area contributed by atoms with E-state index in [9.17, 15) is 18.0 Å². The highest BCUT2D eigenvalue weighted by atomic mass is 35.5. The number of carbonyl (C=O) groups excluding carboxylic acids is 1. The van der Waals surface area contributed by atoms with Crippen LogP contribution in [-0.2, 0) is 6.54 Å². The molecular formula is C29H23ClF3N3O2. The SMILES string of the molecule is CC1(Oc2cc(F)c(F)cc2NC(=O)c2ccnc(Cl)c2)CN(Cc2ccc(-c3ccc(F)cc3)cc2)C1. The third-order valence-electron chi connectivity index (χ3n) is 6.27. The summed E-state index contributed by atoms with van der Waals surface area (Å²) >= 11 is 5.85. The van der Waals surface area contributed by atoms with Crippen LogP contribution in [0.3, 0.4) is 0 Å². The molecule has 2 heterocycles. The lowest BCUT2D eigenvalue weighted by atomic mass is 9.95. The summed E-state index contributed by atoms with van der Waals surface area (Å²) in [5.74, 6) is -2.99. The summed E-state index contributed by atoms with van der Waals surface area (Å²) in [4.78, 5) is 18.6. The second-order valence-electron chi connectivity index (χ2n) is 9.48. The highest BCUT2D eigenvalue weighted by molar-refractivity contribution is 6.29. The second kappa shape index (κ2) is 10.5. The molecule has 0 spiro atoms. The fourth-order valence-electron chi connectivity index (χ4n) is 4.49. The number of carbonyl (C=O) groups is 1. The maximum Gasteiger partial charge on any atom is 0.255 e. The molecule has 0 aliphatic carbocycles. The minimum absolute atomic E-state index is 0.0119. The molecule has 1 fully saturated rings. The summed E-state index contributed by atoms with van der Waals surface area (Å²) in [6, 6.07) is 19.0. The standard InChI is InChI=1S/C29H23ClF3N3O2/c1-29(16-36(17-29)15-18-2-4-19(5-3-18)20-6-8-22(31)9-7-20)38-26-14-24(33)23(32)13-25(26)35-28(37)21-10-11-34-27(30)12-21/h2-14H,15-17H2,1H3,(H,35,37). The number of halogens is 4. The molecule has 3 aromatic carbocycles. The lowest BCUT2D eigenvalue weighted by Crippen LogP contribution is -2.62. The van der Waals surface area contributed by atoms with Gasteiger partial charge in [0.15, 0.2) is 11.6 Å². The summed E-state index contributed by atoms with van der Waals surface area (Å²) in [5, 5.41) is 2.71. The largest absolute Gasteiger partial charge is 0.483 e. The number of hydrogen-bond acceptors (Lipinski definition) is 4. The predicted octanol–water partition coefficient (Wildman–Crippen LogP) is 6.72. The van der Waals surface area contributed by atoms with E-state index in [4.69, 9.17) is 16.3 Å². The summed E-state index contributed by atoms with van der Waals surface area (Å²) in [5.41, 5.74) is 2.58. The van der Waals surface area contributed by atoms with Gasteiger partial charge in [0.25, 0.3) is 5.91 Å². The molecule has 1 N–H and O–H groups in total. The number of benzene rings is 3. The van der Waals surface area contributed by atoms with Gasteiger partial charge in [-0.1, -0.05) is 48.0 Å². The van der Waals surface area contributed by atoms with Gasteiger partial charge in [0.1, 0.15) is 22.3 Å². The van der Waals surface area contributed by atoms with Gasteiger partial charge in [0.2, 0.25) is 0 Å². The van der Waals surface area contributed by atoms with Gasteiger partial charge >= 0.3 is 0 Å². The van der Waals surface area contributed by atoms with E-state index in [-0.39, 0.29) is 28.0 Å². The molecular weight excluding hydrogens is 515 g/mol. The molecule has 0 saturated carbocycles. The fourth-order valence-corrected chi connectivity index (χ4v) is 4.67. The first kappa shape index (κ1) is 25.8. The van der Waals surface area contributed by atoms with Gasteiger partial charge in [-0.15, -0.1) is 0 Å². The van der Waals surface area contributed by atoms with Gasteiger partial charge in [0, 0.05) is 43.5 Å². The van der Waals surface area contributed by atoms with Crippen molar-refractivity contribution < 1.29 is 22.7 Å². The molecule has 1 aliphatic heterocycles. The fraction of sp³-hybridized carbons (Fsp3) is 0.172. The van der Waals surface area contributed by atoms with Crippen LogP contribution in [-0.4, -0.2) is 34.5 Å². The van der Waals surface area contributed by atoms with Crippen LogP contribution in [0.5, 0.6) is 5.75 Å².